The molecular formula is C29H28N4O5S. The van der Waals surface area contributed by atoms with Crippen molar-refractivity contribution in [1.82, 2.24) is 15.8 Å². The molecule has 0 bridgehead atoms. The second-order valence-electron chi connectivity index (χ2n) is 8.48. The minimum Gasteiger partial charge on any atom is -0.493 e. The third-order valence-electron chi connectivity index (χ3n) is 5.83. The Morgan fingerprint density at radius 1 is 0.897 bits per heavy atom. The van der Waals surface area contributed by atoms with Gasteiger partial charge in [0.1, 0.15) is 0 Å². The van der Waals surface area contributed by atoms with E-state index < -0.39 is 11.9 Å². The third kappa shape index (κ3) is 6.42. The normalized spacial score (nSPS) is 10.5. The summed E-state index contributed by atoms with van der Waals surface area (Å²) in [6.45, 7) is 4.00. The van der Waals surface area contributed by atoms with E-state index in [0.29, 0.717) is 51.5 Å². The highest BCUT2D eigenvalue weighted by Crippen LogP contribution is 2.33. The van der Waals surface area contributed by atoms with Crippen LogP contribution in [0.3, 0.4) is 0 Å². The first-order valence-corrected chi connectivity index (χ1v) is 12.5. The number of benzene rings is 3. The van der Waals surface area contributed by atoms with E-state index in [-0.39, 0.29) is 5.11 Å². The summed E-state index contributed by atoms with van der Waals surface area (Å²) in [4.78, 5) is 29.9. The summed E-state index contributed by atoms with van der Waals surface area (Å²) >= 11 is 5.33. The van der Waals surface area contributed by atoms with E-state index in [1.165, 1.54) is 0 Å². The Kier molecular flexibility index (Phi) is 8.57. The lowest BCUT2D eigenvalue weighted by Gasteiger charge is -2.15. The highest BCUT2D eigenvalue weighted by molar-refractivity contribution is 7.80. The van der Waals surface area contributed by atoms with Crippen molar-refractivity contribution in [3.8, 4) is 22.8 Å². The fourth-order valence-electron chi connectivity index (χ4n) is 3.92. The molecule has 0 aliphatic carbocycles. The van der Waals surface area contributed by atoms with Crippen LogP contribution >= 0.6 is 12.2 Å². The van der Waals surface area contributed by atoms with Gasteiger partial charge in [0, 0.05) is 16.6 Å². The first kappa shape index (κ1) is 27.3. The smallest absolute Gasteiger partial charge is 0.338 e. The van der Waals surface area contributed by atoms with E-state index in [1.54, 1.807) is 57.5 Å². The van der Waals surface area contributed by atoms with Crippen molar-refractivity contribution in [1.29, 1.82) is 0 Å². The van der Waals surface area contributed by atoms with Gasteiger partial charge in [0.2, 0.25) is 0 Å². The van der Waals surface area contributed by atoms with Crippen LogP contribution in [0.5, 0.6) is 11.5 Å². The van der Waals surface area contributed by atoms with Crippen LogP contribution in [0.4, 0.5) is 5.69 Å². The number of carbonyl (C=O) groups is 2. The van der Waals surface area contributed by atoms with Crippen molar-refractivity contribution < 1.29 is 23.8 Å². The zero-order valence-corrected chi connectivity index (χ0v) is 22.8. The lowest BCUT2D eigenvalue weighted by molar-refractivity contribution is 0.0526. The van der Waals surface area contributed by atoms with Crippen molar-refractivity contribution in [3.05, 3.63) is 83.4 Å². The fourth-order valence-corrected chi connectivity index (χ4v) is 4.09. The molecule has 4 aromatic rings. The number of hydrogen-bond donors (Lipinski definition) is 3. The summed E-state index contributed by atoms with van der Waals surface area (Å²) in [6, 6.07) is 19.6. The van der Waals surface area contributed by atoms with Crippen molar-refractivity contribution in [2.24, 2.45) is 0 Å². The number of hydrogen-bond acceptors (Lipinski definition) is 7. The molecule has 0 saturated carbocycles. The first-order chi connectivity index (χ1) is 18.8. The van der Waals surface area contributed by atoms with Crippen molar-refractivity contribution >= 4 is 45.8 Å². The molecule has 0 aliphatic rings. The van der Waals surface area contributed by atoms with Gasteiger partial charge in [-0.25, -0.2) is 9.78 Å². The van der Waals surface area contributed by atoms with Gasteiger partial charge in [0.05, 0.1) is 43.2 Å². The van der Waals surface area contributed by atoms with Gasteiger partial charge in [-0.05, 0) is 86.7 Å². The minimum atomic E-state index is -0.399. The summed E-state index contributed by atoms with van der Waals surface area (Å²) < 4.78 is 15.8. The summed E-state index contributed by atoms with van der Waals surface area (Å²) in [5, 5.41) is 3.84. The molecule has 0 unspecified atom stereocenters. The zero-order chi connectivity index (χ0) is 27.9. The highest BCUT2D eigenvalue weighted by Gasteiger charge is 2.16. The average Bonchev–Trinajstić information content (AvgIpc) is 2.95. The number of methoxy groups -OCH3 is 2. The molecule has 0 radical (unpaired) electrons. The molecular weight excluding hydrogens is 516 g/mol. The maximum absolute atomic E-state index is 13.3. The number of aryl methyl sites for hydroxylation is 1. The predicted octanol–water partition coefficient (Wildman–Crippen LogP) is 5.04. The van der Waals surface area contributed by atoms with Gasteiger partial charge in [0.25, 0.3) is 5.91 Å². The number of rotatable bonds is 7. The number of anilines is 1. The number of esters is 1. The van der Waals surface area contributed by atoms with Gasteiger partial charge in [-0.2, -0.15) is 0 Å². The second-order valence-corrected chi connectivity index (χ2v) is 8.88. The number of nitrogens with zero attached hydrogens (tertiary/aromatic N) is 1. The van der Waals surface area contributed by atoms with Crippen LogP contribution in [0.25, 0.3) is 22.2 Å². The fraction of sp³-hybridized carbons (Fsp3) is 0.172. The van der Waals surface area contributed by atoms with E-state index in [1.807, 2.05) is 37.3 Å². The topological polar surface area (TPSA) is 111 Å². The number of amides is 1. The number of ether oxygens (including phenoxy) is 3. The van der Waals surface area contributed by atoms with Crippen molar-refractivity contribution in [2.75, 3.05) is 26.1 Å². The largest absolute Gasteiger partial charge is 0.493 e. The molecule has 0 spiro atoms. The molecule has 4 rings (SSSR count). The number of pyridine rings is 1. The molecule has 1 amide bonds. The molecule has 3 aromatic carbocycles. The molecule has 1 heterocycles. The minimum absolute atomic E-state index is 0.168. The standard InChI is InChI=1S/C29H28N4O5S/c1-5-38-28(35)18-7-10-20(11-8-18)30-29(39)33-32-27(34)22-16-24(31-23-12-6-17(2)14-21(22)23)19-9-13-25(36-3)26(15-19)37-4/h6-16H,5H2,1-4H3,(H,32,34)(H2,30,33,39). The highest BCUT2D eigenvalue weighted by atomic mass is 32.1. The molecule has 0 fully saturated rings. The summed E-state index contributed by atoms with van der Waals surface area (Å²) in [5.74, 6) is 0.359. The van der Waals surface area contributed by atoms with Gasteiger partial charge < -0.3 is 19.5 Å². The number of hydrazine groups is 1. The molecule has 0 aliphatic heterocycles. The van der Waals surface area contributed by atoms with Crippen LogP contribution in [0.2, 0.25) is 0 Å². The Bertz CT molecular complexity index is 1540. The Morgan fingerprint density at radius 3 is 2.33 bits per heavy atom. The van der Waals surface area contributed by atoms with Gasteiger partial charge >= 0.3 is 5.97 Å². The average molecular weight is 545 g/mol. The van der Waals surface area contributed by atoms with Crippen molar-refractivity contribution in [3.63, 3.8) is 0 Å². The SMILES string of the molecule is CCOC(=O)c1ccc(NC(=S)NNC(=O)c2cc(-c3ccc(OC)c(OC)c3)nc3ccc(C)cc23)cc1. The van der Waals surface area contributed by atoms with Crippen LogP contribution in [-0.2, 0) is 4.74 Å². The Morgan fingerprint density at radius 2 is 1.64 bits per heavy atom. The summed E-state index contributed by atoms with van der Waals surface area (Å²) in [6.07, 6.45) is 0. The van der Waals surface area contributed by atoms with Gasteiger partial charge in [-0.1, -0.05) is 11.6 Å². The molecule has 10 heteroatoms. The van der Waals surface area contributed by atoms with E-state index >= 15 is 0 Å². The van der Waals surface area contributed by atoms with Gasteiger partial charge in [-0.15, -0.1) is 0 Å². The number of aromatic nitrogens is 1. The molecule has 200 valence electrons. The molecule has 3 N–H and O–H groups in total. The quantitative estimate of drug-likeness (QED) is 0.167. The monoisotopic (exact) mass is 544 g/mol. The van der Waals surface area contributed by atoms with Crippen LogP contribution in [0, 0.1) is 6.92 Å². The van der Waals surface area contributed by atoms with Crippen LogP contribution in [0.15, 0.2) is 66.7 Å². The lowest BCUT2D eigenvalue weighted by Crippen LogP contribution is -2.43. The molecule has 39 heavy (non-hydrogen) atoms. The van der Waals surface area contributed by atoms with E-state index in [9.17, 15) is 9.59 Å². The van der Waals surface area contributed by atoms with E-state index in [0.717, 1.165) is 11.1 Å². The number of thiocarbonyl (C=S) groups is 1. The number of nitrogens with one attached hydrogen (secondary N) is 3. The summed E-state index contributed by atoms with van der Waals surface area (Å²) in [5.41, 5.74) is 9.90. The van der Waals surface area contributed by atoms with E-state index in [2.05, 4.69) is 16.2 Å². The zero-order valence-electron chi connectivity index (χ0n) is 22.0. The molecule has 1 aromatic heterocycles. The Labute approximate surface area is 231 Å². The molecule has 0 atom stereocenters. The molecule has 9 nitrogen and oxygen atoms in total. The van der Waals surface area contributed by atoms with Gasteiger partial charge in [-0.3, -0.25) is 15.6 Å². The van der Waals surface area contributed by atoms with Crippen LogP contribution in [0.1, 0.15) is 33.2 Å². The third-order valence-corrected chi connectivity index (χ3v) is 6.04. The van der Waals surface area contributed by atoms with E-state index in [4.69, 9.17) is 31.4 Å². The lowest BCUT2D eigenvalue weighted by atomic mass is 10.0. The first-order valence-electron chi connectivity index (χ1n) is 12.1. The van der Waals surface area contributed by atoms with Crippen molar-refractivity contribution in [2.45, 2.75) is 13.8 Å². The Hall–Kier alpha value is -4.70. The number of fused-ring (bicyclic) bond motifs is 1. The second kappa shape index (κ2) is 12.2. The predicted molar refractivity (Wildman–Crippen MR) is 154 cm³/mol. The maximum atomic E-state index is 13.3. The van der Waals surface area contributed by atoms with Crippen LogP contribution in [-0.4, -0.2) is 42.8 Å². The Balaban J connectivity index is 1.54. The summed E-state index contributed by atoms with van der Waals surface area (Å²) in [7, 11) is 3.13. The maximum Gasteiger partial charge on any atom is 0.338 e. The van der Waals surface area contributed by atoms with Gasteiger partial charge in [0.15, 0.2) is 16.6 Å². The van der Waals surface area contributed by atoms with Crippen LogP contribution < -0.4 is 25.6 Å². The number of carbonyl (C=O) groups excluding carboxylic acids is 2. The molecule has 0 saturated heterocycles.